The van der Waals surface area contributed by atoms with E-state index in [2.05, 4.69) is 44.4 Å². The van der Waals surface area contributed by atoms with Gasteiger partial charge in [-0.3, -0.25) is 0 Å². The maximum absolute atomic E-state index is 10.9. The molecule has 0 bridgehead atoms. The van der Waals surface area contributed by atoms with Crippen molar-refractivity contribution >= 4 is 17.9 Å². The van der Waals surface area contributed by atoms with Gasteiger partial charge in [-0.15, -0.1) is 0 Å². The molecule has 6 nitrogen and oxygen atoms in total. The van der Waals surface area contributed by atoms with Gasteiger partial charge >= 0.3 is 17.9 Å². The summed E-state index contributed by atoms with van der Waals surface area (Å²) >= 11 is 0. The summed E-state index contributed by atoms with van der Waals surface area (Å²) in [5.41, 5.74) is 1.33. The first-order valence-electron chi connectivity index (χ1n) is 10.3. The zero-order valence-corrected chi connectivity index (χ0v) is 20.1. The Morgan fingerprint density at radius 2 is 1.23 bits per heavy atom. The van der Waals surface area contributed by atoms with E-state index in [1.165, 1.54) is 7.11 Å². The van der Waals surface area contributed by atoms with E-state index in [9.17, 15) is 14.4 Å². The van der Waals surface area contributed by atoms with E-state index in [-0.39, 0.29) is 17.9 Å². The fourth-order valence-electron chi connectivity index (χ4n) is 1.33. The Bertz CT molecular complexity index is 626. The Balaban J connectivity index is -0.000000404. The highest BCUT2D eigenvalue weighted by molar-refractivity contribution is 5.87. The highest BCUT2D eigenvalue weighted by atomic mass is 16.5. The number of carbonyl (C=O) groups excluding carboxylic acids is 3. The number of ether oxygens (including phenoxy) is 3. The molecule has 0 aromatic heterocycles. The van der Waals surface area contributed by atoms with Crippen LogP contribution in [0.25, 0.3) is 0 Å². The second-order valence-corrected chi connectivity index (χ2v) is 6.57. The van der Waals surface area contributed by atoms with Crippen LogP contribution in [0.5, 0.6) is 0 Å². The molecule has 6 heteroatoms. The van der Waals surface area contributed by atoms with Gasteiger partial charge in [0.15, 0.2) is 0 Å². The molecule has 0 unspecified atom stereocenters. The molecular weight excluding hydrogens is 396 g/mol. The summed E-state index contributed by atoms with van der Waals surface area (Å²) in [5, 5.41) is 0. The molecule has 0 amide bonds. The summed E-state index contributed by atoms with van der Waals surface area (Å²) in [5.74, 6) is -0.972. The molecule has 0 rings (SSSR count). The van der Waals surface area contributed by atoms with Crippen LogP contribution in [-0.4, -0.2) is 38.2 Å². The predicted molar refractivity (Wildman–Crippen MR) is 126 cm³/mol. The van der Waals surface area contributed by atoms with Gasteiger partial charge in [0.05, 0.1) is 13.7 Å². The Morgan fingerprint density at radius 1 is 0.742 bits per heavy atom. The van der Waals surface area contributed by atoms with Crippen LogP contribution in [0.2, 0.25) is 0 Å². The first-order chi connectivity index (χ1) is 14.5. The summed E-state index contributed by atoms with van der Waals surface area (Å²) in [4.78, 5) is 31.8. The molecule has 0 saturated carbocycles. The van der Waals surface area contributed by atoms with E-state index < -0.39 is 0 Å². The zero-order valence-electron chi connectivity index (χ0n) is 20.1. The number of hydrogen-bond donors (Lipinski definition) is 0. The third-order valence-electron chi connectivity index (χ3n) is 3.11. The number of methoxy groups -OCH3 is 1. The summed E-state index contributed by atoms with van der Waals surface area (Å²) in [7, 11) is 1.33. The number of esters is 3. The monoisotopic (exact) mass is 436 g/mol. The third-order valence-corrected chi connectivity index (χ3v) is 3.11. The van der Waals surface area contributed by atoms with Crippen molar-refractivity contribution < 1.29 is 28.6 Å². The van der Waals surface area contributed by atoms with Gasteiger partial charge in [0.1, 0.15) is 6.61 Å². The van der Waals surface area contributed by atoms with Gasteiger partial charge in [-0.1, -0.05) is 64.7 Å². The average Bonchev–Trinajstić information content (AvgIpc) is 2.73. The topological polar surface area (TPSA) is 78.9 Å². The maximum Gasteiger partial charge on any atom is 0.333 e. The highest BCUT2D eigenvalue weighted by Gasteiger charge is 2.00. The summed E-state index contributed by atoms with van der Waals surface area (Å²) in [6.07, 6.45) is 11.9. The predicted octanol–water partition coefficient (Wildman–Crippen LogP) is 5.66. The third kappa shape index (κ3) is 27.1. The van der Waals surface area contributed by atoms with Gasteiger partial charge in [0.2, 0.25) is 0 Å². The molecule has 0 aliphatic heterocycles. The van der Waals surface area contributed by atoms with Gasteiger partial charge in [0.25, 0.3) is 0 Å². The average molecular weight is 437 g/mol. The van der Waals surface area contributed by atoms with Crippen molar-refractivity contribution in [3.05, 3.63) is 60.8 Å². The minimum absolute atomic E-state index is 0.284. The van der Waals surface area contributed by atoms with Gasteiger partial charge < -0.3 is 14.2 Å². The van der Waals surface area contributed by atoms with Gasteiger partial charge in [-0.2, -0.15) is 0 Å². The van der Waals surface area contributed by atoms with Crippen molar-refractivity contribution in [1.82, 2.24) is 0 Å². The van der Waals surface area contributed by atoms with Crippen molar-refractivity contribution in [2.45, 2.75) is 60.3 Å². The maximum atomic E-state index is 10.9. The fourth-order valence-corrected chi connectivity index (χ4v) is 1.33. The highest BCUT2D eigenvalue weighted by Crippen LogP contribution is 1.95. The lowest BCUT2D eigenvalue weighted by atomic mass is 10.3. The van der Waals surface area contributed by atoms with Gasteiger partial charge in [0, 0.05) is 16.7 Å². The molecule has 0 aliphatic carbocycles. The Hall–Kier alpha value is -2.89. The lowest BCUT2D eigenvalue weighted by Crippen LogP contribution is -2.05. The molecule has 0 saturated heterocycles. The largest absolute Gasteiger partial charge is 0.466 e. The standard InChI is InChI=1S/C12H18O2.C8H14O2.C5H8O2/c1-4-5-6-7-8-9-10-14-12(13)11(2)3;1-4-5-6-10-8(9)7(2)3;1-4(2)5(6)7-3/h6-9H,2,4-5,10H2,1,3H3;2,4-6H2,1,3H3;1H2,2-3H3. The van der Waals surface area contributed by atoms with Crippen molar-refractivity contribution in [2.24, 2.45) is 0 Å². The molecule has 0 spiro atoms. The van der Waals surface area contributed by atoms with Crippen LogP contribution in [-0.2, 0) is 28.6 Å². The lowest BCUT2D eigenvalue weighted by molar-refractivity contribution is -0.139. The Labute approximate surface area is 188 Å². The molecule has 0 heterocycles. The molecule has 31 heavy (non-hydrogen) atoms. The van der Waals surface area contributed by atoms with Crippen LogP contribution >= 0.6 is 0 Å². The van der Waals surface area contributed by atoms with Crippen molar-refractivity contribution in [3.63, 3.8) is 0 Å². The molecule has 0 N–H and O–H groups in total. The SMILES string of the molecule is C=C(C)C(=O)OC.C=C(C)C(=O)OCC=CC=CCCC.C=C(C)C(=O)OCCCC. The molecule has 0 fully saturated rings. The minimum atomic E-state index is -0.347. The molecule has 0 atom stereocenters. The van der Waals surface area contributed by atoms with E-state index in [1.807, 2.05) is 12.2 Å². The normalized spacial score (nSPS) is 9.61. The summed E-state index contributed by atoms with van der Waals surface area (Å²) in [6.45, 7) is 20.2. The quantitative estimate of drug-likeness (QED) is 0.137. The van der Waals surface area contributed by atoms with Crippen LogP contribution in [0.1, 0.15) is 60.3 Å². The molecule has 0 aliphatic rings. The van der Waals surface area contributed by atoms with E-state index in [1.54, 1.807) is 26.8 Å². The lowest BCUT2D eigenvalue weighted by Gasteiger charge is -2.01. The molecular formula is C25H40O6. The number of unbranched alkanes of at least 4 members (excludes halogenated alkanes) is 2. The van der Waals surface area contributed by atoms with E-state index >= 15 is 0 Å². The fraction of sp³-hybridized carbons (Fsp3) is 0.480. The van der Waals surface area contributed by atoms with E-state index in [4.69, 9.17) is 9.47 Å². The number of carbonyl (C=O) groups is 3. The van der Waals surface area contributed by atoms with Gasteiger partial charge in [-0.25, -0.2) is 14.4 Å². The first kappa shape index (κ1) is 32.8. The minimum Gasteiger partial charge on any atom is -0.466 e. The molecule has 0 radical (unpaired) electrons. The second kappa shape index (κ2) is 23.4. The van der Waals surface area contributed by atoms with E-state index in [0.717, 1.165) is 25.7 Å². The molecule has 0 aromatic rings. The van der Waals surface area contributed by atoms with Crippen molar-refractivity contribution in [1.29, 1.82) is 0 Å². The first-order valence-corrected chi connectivity index (χ1v) is 10.3. The Morgan fingerprint density at radius 3 is 1.61 bits per heavy atom. The van der Waals surface area contributed by atoms with Crippen LogP contribution in [0.3, 0.4) is 0 Å². The van der Waals surface area contributed by atoms with Crippen LogP contribution in [0.4, 0.5) is 0 Å². The molecule has 0 aromatic carbocycles. The van der Waals surface area contributed by atoms with E-state index in [0.29, 0.717) is 29.9 Å². The smallest absolute Gasteiger partial charge is 0.333 e. The number of allylic oxidation sites excluding steroid dienone is 3. The van der Waals surface area contributed by atoms with Crippen LogP contribution < -0.4 is 0 Å². The van der Waals surface area contributed by atoms with Crippen molar-refractivity contribution in [3.8, 4) is 0 Å². The Kier molecular flexibility index (Phi) is 24.7. The summed E-state index contributed by atoms with van der Waals surface area (Å²) in [6, 6.07) is 0. The van der Waals surface area contributed by atoms with Crippen LogP contribution in [0, 0.1) is 0 Å². The number of hydrogen-bond acceptors (Lipinski definition) is 6. The van der Waals surface area contributed by atoms with Gasteiger partial charge in [-0.05, 0) is 39.7 Å². The number of rotatable bonds is 11. The van der Waals surface area contributed by atoms with Crippen LogP contribution in [0.15, 0.2) is 60.8 Å². The van der Waals surface area contributed by atoms with Crippen molar-refractivity contribution in [2.75, 3.05) is 20.3 Å². The molecule has 176 valence electrons. The summed E-state index contributed by atoms with van der Waals surface area (Å²) < 4.78 is 13.9. The second-order valence-electron chi connectivity index (χ2n) is 6.57. The zero-order chi connectivity index (χ0) is 24.7.